The molecule has 0 bridgehead atoms. The fourth-order valence-corrected chi connectivity index (χ4v) is 3.64. The lowest BCUT2D eigenvalue weighted by Gasteiger charge is -2.07. The second-order valence-corrected chi connectivity index (χ2v) is 7.42. The summed E-state index contributed by atoms with van der Waals surface area (Å²) in [5.41, 5.74) is 2.30. The van der Waals surface area contributed by atoms with Gasteiger partial charge in [0, 0.05) is 16.5 Å². The lowest BCUT2D eigenvalue weighted by Crippen LogP contribution is -2.17. The van der Waals surface area contributed by atoms with Crippen LogP contribution in [0.1, 0.15) is 13.8 Å². The van der Waals surface area contributed by atoms with Gasteiger partial charge in [-0.2, -0.15) is 5.10 Å². The predicted molar refractivity (Wildman–Crippen MR) is 103 cm³/mol. The fraction of sp³-hybridized carbons (Fsp3) is 0.176. The van der Waals surface area contributed by atoms with Gasteiger partial charge < -0.3 is 5.32 Å². The van der Waals surface area contributed by atoms with Crippen molar-refractivity contribution >= 4 is 44.3 Å². The number of rotatable bonds is 4. The van der Waals surface area contributed by atoms with Crippen molar-refractivity contribution in [3.8, 4) is 17.1 Å². The van der Waals surface area contributed by atoms with Crippen LogP contribution in [-0.4, -0.2) is 30.6 Å². The van der Waals surface area contributed by atoms with E-state index in [1.807, 2.05) is 42.7 Å². The Morgan fingerprint density at radius 1 is 1.35 bits per heavy atom. The van der Waals surface area contributed by atoms with Crippen molar-refractivity contribution < 1.29 is 4.79 Å². The SMILES string of the molecule is CC(C)C(=O)Nc1nc2[nH]nc(-n3cncc3-c3ccccc3Cl)c2s1. The molecule has 132 valence electrons. The molecule has 0 unspecified atom stereocenters. The molecule has 0 aliphatic rings. The van der Waals surface area contributed by atoms with Crippen molar-refractivity contribution in [3.05, 3.63) is 41.8 Å². The second-order valence-electron chi connectivity index (χ2n) is 6.02. The monoisotopic (exact) mass is 386 g/mol. The number of H-pyrrole nitrogens is 1. The summed E-state index contributed by atoms with van der Waals surface area (Å²) >= 11 is 7.70. The quantitative estimate of drug-likeness (QED) is 0.552. The normalized spacial score (nSPS) is 11.4. The van der Waals surface area contributed by atoms with Crippen LogP contribution in [0.25, 0.3) is 27.4 Å². The maximum atomic E-state index is 11.9. The lowest BCUT2D eigenvalue weighted by molar-refractivity contribution is -0.118. The number of nitrogens with one attached hydrogen (secondary N) is 2. The van der Waals surface area contributed by atoms with E-state index in [2.05, 4.69) is 25.5 Å². The van der Waals surface area contributed by atoms with E-state index in [1.54, 1.807) is 12.5 Å². The number of aromatic nitrogens is 5. The molecule has 0 saturated heterocycles. The number of halogens is 1. The number of aromatic amines is 1. The molecule has 0 fully saturated rings. The van der Waals surface area contributed by atoms with Crippen molar-refractivity contribution in [2.75, 3.05) is 5.32 Å². The zero-order valence-corrected chi connectivity index (χ0v) is 15.6. The highest BCUT2D eigenvalue weighted by Crippen LogP contribution is 2.34. The van der Waals surface area contributed by atoms with Gasteiger partial charge >= 0.3 is 0 Å². The summed E-state index contributed by atoms with van der Waals surface area (Å²) in [6, 6.07) is 7.57. The van der Waals surface area contributed by atoms with Crippen LogP contribution in [0.2, 0.25) is 5.02 Å². The molecule has 0 aliphatic heterocycles. The number of nitrogens with zero attached hydrogens (tertiary/aromatic N) is 4. The first-order valence-corrected chi connectivity index (χ1v) is 9.17. The van der Waals surface area contributed by atoms with Crippen LogP contribution in [0, 0.1) is 5.92 Å². The Hall–Kier alpha value is -2.71. The summed E-state index contributed by atoms with van der Waals surface area (Å²) in [5, 5.41) is 11.3. The van der Waals surface area contributed by atoms with E-state index in [0.29, 0.717) is 21.6 Å². The molecule has 1 aromatic carbocycles. The molecule has 0 atom stereocenters. The van der Waals surface area contributed by atoms with Crippen molar-refractivity contribution in [1.82, 2.24) is 24.7 Å². The van der Waals surface area contributed by atoms with Gasteiger partial charge in [-0.05, 0) is 6.07 Å². The number of amides is 1. The maximum Gasteiger partial charge on any atom is 0.228 e. The topological polar surface area (TPSA) is 88.5 Å². The highest BCUT2D eigenvalue weighted by atomic mass is 35.5. The number of imidazole rings is 1. The van der Waals surface area contributed by atoms with Crippen molar-refractivity contribution in [2.45, 2.75) is 13.8 Å². The van der Waals surface area contributed by atoms with Gasteiger partial charge in [-0.1, -0.05) is 55.0 Å². The van der Waals surface area contributed by atoms with Crippen molar-refractivity contribution in [3.63, 3.8) is 0 Å². The predicted octanol–water partition coefficient (Wildman–Crippen LogP) is 4.12. The van der Waals surface area contributed by atoms with Crippen LogP contribution in [0.15, 0.2) is 36.8 Å². The summed E-state index contributed by atoms with van der Waals surface area (Å²) < 4.78 is 2.68. The average molecular weight is 387 g/mol. The molecule has 0 radical (unpaired) electrons. The number of hydrogen-bond acceptors (Lipinski definition) is 5. The molecular weight excluding hydrogens is 372 g/mol. The van der Waals surface area contributed by atoms with E-state index in [9.17, 15) is 4.79 Å². The van der Waals surface area contributed by atoms with Gasteiger partial charge in [-0.15, -0.1) is 0 Å². The summed E-state index contributed by atoms with van der Waals surface area (Å²) in [7, 11) is 0. The van der Waals surface area contributed by atoms with Crippen molar-refractivity contribution in [1.29, 1.82) is 0 Å². The summed E-state index contributed by atoms with van der Waals surface area (Å²) in [4.78, 5) is 20.5. The van der Waals surface area contributed by atoms with Gasteiger partial charge in [0.05, 0.1) is 11.9 Å². The van der Waals surface area contributed by atoms with Gasteiger partial charge in [0.1, 0.15) is 11.0 Å². The molecule has 2 N–H and O–H groups in total. The molecule has 3 heterocycles. The number of fused-ring (bicyclic) bond motifs is 1. The Balaban J connectivity index is 1.77. The molecule has 0 aliphatic carbocycles. The van der Waals surface area contributed by atoms with Gasteiger partial charge in [0.25, 0.3) is 0 Å². The highest BCUT2D eigenvalue weighted by molar-refractivity contribution is 7.22. The lowest BCUT2D eigenvalue weighted by atomic mass is 10.1. The second kappa shape index (κ2) is 6.54. The van der Waals surface area contributed by atoms with E-state index in [4.69, 9.17) is 11.6 Å². The first kappa shape index (κ1) is 16.7. The van der Waals surface area contributed by atoms with Gasteiger partial charge in [-0.3, -0.25) is 14.5 Å². The van der Waals surface area contributed by atoms with Crippen LogP contribution in [0.5, 0.6) is 0 Å². The van der Waals surface area contributed by atoms with Gasteiger partial charge in [0.15, 0.2) is 16.6 Å². The fourth-order valence-electron chi connectivity index (χ4n) is 2.50. The van der Waals surface area contributed by atoms with E-state index in [0.717, 1.165) is 16.0 Å². The molecule has 4 aromatic rings. The molecule has 0 spiro atoms. The van der Waals surface area contributed by atoms with Gasteiger partial charge in [-0.25, -0.2) is 9.97 Å². The van der Waals surface area contributed by atoms with E-state index < -0.39 is 0 Å². The average Bonchev–Trinajstić information content (AvgIpc) is 3.30. The molecule has 9 heteroatoms. The Labute approximate surface area is 158 Å². The number of anilines is 1. The van der Waals surface area contributed by atoms with E-state index in [1.165, 1.54) is 11.3 Å². The van der Waals surface area contributed by atoms with Crippen LogP contribution in [-0.2, 0) is 4.79 Å². The number of carbonyl (C=O) groups excluding carboxylic acids is 1. The summed E-state index contributed by atoms with van der Waals surface area (Å²) in [6.45, 7) is 3.67. The maximum absolute atomic E-state index is 11.9. The van der Waals surface area contributed by atoms with Crippen molar-refractivity contribution in [2.24, 2.45) is 5.92 Å². The zero-order valence-electron chi connectivity index (χ0n) is 14.0. The number of hydrogen-bond donors (Lipinski definition) is 2. The van der Waals surface area contributed by atoms with Crippen LogP contribution >= 0.6 is 22.9 Å². The molecule has 3 aromatic heterocycles. The van der Waals surface area contributed by atoms with E-state index >= 15 is 0 Å². The molecule has 1 amide bonds. The molecule has 0 saturated carbocycles. The largest absolute Gasteiger partial charge is 0.302 e. The minimum absolute atomic E-state index is 0.0738. The van der Waals surface area contributed by atoms with Crippen LogP contribution in [0.4, 0.5) is 5.13 Å². The zero-order chi connectivity index (χ0) is 18.3. The van der Waals surface area contributed by atoms with Crippen LogP contribution < -0.4 is 5.32 Å². The Morgan fingerprint density at radius 2 is 2.15 bits per heavy atom. The number of thiazole rings is 1. The summed E-state index contributed by atoms with van der Waals surface area (Å²) in [6.07, 6.45) is 3.42. The summed E-state index contributed by atoms with van der Waals surface area (Å²) in [5.74, 6) is 0.473. The van der Waals surface area contributed by atoms with E-state index in [-0.39, 0.29) is 11.8 Å². The smallest absolute Gasteiger partial charge is 0.228 e. The van der Waals surface area contributed by atoms with Crippen LogP contribution in [0.3, 0.4) is 0 Å². The third-order valence-electron chi connectivity index (χ3n) is 3.87. The molecule has 4 rings (SSSR count). The first-order valence-electron chi connectivity index (χ1n) is 7.98. The Bertz CT molecular complexity index is 1100. The molecule has 7 nitrogen and oxygen atoms in total. The molecular formula is C17H15ClN6OS. The minimum atomic E-state index is -0.115. The highest BCUT2D eigenvalue weighted by Gasteiger charge is 2.19. The number of carbonyl (C=O) groups is 1. The standard InChI is InChI=1S/C17H15ClN6OS/c1-9(2)16(25)21-17-20-14-13(26-17)15(23-22-14)24-8-19-7-12(24)10-5-3-4-6-11(10)18/h3-9H,1-2H3,(H2,20,21,22,23,25). The third kappa shape index (κ3) is 2.87. The Morgan fingerprint density at radius 3 is 2.92 bits per heavy atom. The molecule has 26 heavy (non-hydrogen) atoms. The number of benzene rings is 1. The minimum Gasteiger partial charge on any atom is -0.302 e. The van der Waals surface area contributed by atoms with Gasteiger partial charge in [0.2, 0.25) is 5.91 Å². The Kier molecular flexibility index (Phi) is 4.21. The third-order valence-corrected chi connectivity index (χ3v) is 5.17. The first-order chi connectivity index (χ1) is 12.5.